The Morgan fingerprint density at radius 3 is 1.97 bits per heavy atom. The summed E-state index contributed by atoms with van der Waals surface area (Å²) in [6, 6.07) is 20.6. The molecule has 0 heterocycles. The van der Waals surface area contributed by atoms with Gasteiger partial charge in [0.1, 0.15) is 5.41 Å². The van der Waals surface area contributed by atoms with Gasteiger partial charge in [0.05, 0.1) is 19.8 Å². The summed E-state index contributed by atoms with van der Waals surface area (Å²) in [5.41, 5.74) is -0.971. The molecule has 154 valence electrons. The van der Waals surface area contributed by atoms with Crippen LogP contribution in [0.15, 0.2) is 72.8 Å². The molecule has 4 nitrogen and oxygen atoms in total. The molecule has 2 aromatic carbocycles. The summed E-state index contributed by atoms with van der Waals surface area (Å²) < 4.78 is 12.0. The topological polar surface area (TPSA) is 55.8 Å². The molecule has 0 saturated carbocycles. The first-order chi connectivity index (χ1) is 13.7. The van der Waals surface area contributed by atoms with Crippen LogP contribution < -0.4 is 10.4 Å². The Labute approximate surface area is 174 Å². The van der Waals surface area contributed by atoms with Crippen LogP contribution in [0.3, 0.4) is 0 Å². The van der Waals surface area contributed by atoms with E-state index in [4.69, 9.17) is 9.16 Å². The van der Waals surface area contributed by atoms with Gasteiger partial charge in [-0.1, -0.05) is 93.6 Å². The fraction of sp³-hybridized carbons (Fsp3) is 0.375. The number of carbonyl (C=O) groups excluding carboxylic acids is 1. The predicted molar refractivity (Wildman–Crippen MR) is 118 cm³/mol. The molecule has 3 rings (SSSR count). The van der Waals surface area contributed by atoms with Crippen LogP contribution in [0.2, 0.25) is 5.04 Å². The molecule has 29 heavy (non-hydrogen) atoms. The van der Waals surface area contributed by atoms with Crippen molar-refractivity contribution >= 4 is 24.7 Å². The van der Waals surface area contributed by atoms with Gasteiger partial charge in [-0.05, 0) is 21.8 Å². The van der Waals surface area contributed by atoms with Crippen LogP contribution in [0.1, 0.15) is 27.2 Å². The number of aliphatic hydroxyl groups excluding tert-OH is 1. The lowest BCUT2D eigenvalue weighted by Gasteiger charge is -2.44. The fourth-order valence-corrected chi connectivity index (χ4v) is 8.95. The molecule has 0 radical (unpaired) electrons. The quantitative estimate of drug-likeness (QED) is 0.452. The summed E-state index contributed by atoms with van der Waals surface area (Å²) in [6.07, 6.45) is 3.02. The predicted octanol–water partition coefficient (Wildman–Crippen LogP) is 3.04. The van der Waals surface area contributed by atoms with E-state index in [1.807, 2.05) is 36.4 Å². The van der Waals surface area contributed by atoms with Crippen molar-refractivity contribution < 1.29 is 19.1 Å². The van der Waals surface area contributed by atoms with Crippen LogP contribution in [0, 0.1) is 5.41 Å². The Morgan fingerprint density at radius 2 is 1.59 bits per heavy atom. The number of hydrogen-bond acceptors (Lipinski definition) is 4. The third kappa shape index (κ3) is 3.95. The van der Waals surface area contributed by atoms with E-state index in [2.05, 4.69) is 45.0 Å². The Morgan fingerprint density at radius 1 is 1.07 bits per heavy atom. The molecular weight excluding hydrogens is 380 g/mol. The number of methoxy groups -OCH3 is 1. The normalized spacial score (nSPS) is 21.9. The van der Waals surface area contributed by atoms with Crippen molar-refractivity contribution in [3.63, 3.8) is 0 Å². The van der Waals surface area contributed by atoms with Crippen LogP contribution in [0.4, 0.5) is 0 Å². The molecule has 0 bridgehead atoms. The number of ether oxygens (including phenoxy) is 1. The highest BCUT2D eigenvalue weighted by molar-refractivity contribution is 6.99. The van der Waals surface area contributed by atoms with Gasteiger partial charge in [0, 0.05) is 0 Å². The molecule has 0 aliphatic heterocycles. The van der Waals surface area contributed by atoms with Gasteiger partial charge in [0.15, 0.2) is 0 Å². The monoisotopic (exact) mass is 410 g/mol. The van der Waals surface area contributed by atoms with Crippen LogP contribution in [-0.4, -0.2) is 39.2 Å². The molecule has 1 aliphatic carbocycles. The second-order valence-electron chi connectivity index (χ2n) is 8.73. The molecule has 0 fully saturated rings. The maximum absolute atomic E-state index is 12.7. The van der Waals surface area contributed by atoms with Gasteiger partial charge in [0.25, 0.3) is 8.32 Å². The fourth-order valence-electron chi connectivity index (χ4n) is 4.32. The Balaban J connectivity index is 2.11. The highest BCUT2D eigenvalue weighted by atomic mass is 28.4. The maximum atomic E-state index is 12.7. The van der Waals surface area contributed by atoms with Crippen LogP contribution in [0.5, 0.6) is 0 Å². The zero-order valence-electron chi connectivity index (χ0n) is 17.6. The van der Waals surface area contributed by atoms with Crippen LogP contribution in [-0.2, 0) is 14.0 Å². The van der Waals surface area contributed by atoms with Crippen molar-refractivity contribution in [1.82, 2.24) is 0 Å². The first kappa shape index (κ1) is 21.5. The number of hydrogen-bond donors (Lipinski definition) is 1. The van der Waals surface area contributed by atoms with E-state index in [9.17, 15) is 9.90 Å². The Hall–Kier alpha value is -2.21. The number of rotatable bonds is 6. The first-order valence-electron chi connectivity index (χ1n) is 9.96. The largest absolute Gasteiger partial charge is 0.468 e. The van der Waals surface area contributed by atoms with E-state index in [1.54, 1.807) is 12.2 Å². The molecule has 0 amide bonds. The molecule has 2 aromatic rings. The van der Waals surface area contributed by atoms with Gasteiger partial charge in [0.2, 0.25) is 0 Å². The average Bonchev–Trinajstić information content (AvgIpc) is 3.10. The van der Waals surface area contributed by atoms with E-state index in [1.165, 1.54) is 7.11 Å². The molecule has 0 unspecified atom stereocenters. The van der Waals surface area contributed by atoms with Crippen molar-refractivity contribution in [2.45, 2.75) is 38.3 Å². The maximum Gasteiger partial charge on any atom is 0.318 e. The molecule has 1 aliphatic rings. The number of benzene rings is 2. The summed E-state index contributed by atoms with van der Waals surface area (Å²) in [5.74, 6) is -0.372. The van der Waals surface area contributed by atoms with Crippen molar-refractivity contribution in [3.05, 3.63) is 72.8 Å². The second-order valence-corrected chi connectivity index (χ2v) is 13.0. The molecule has 0 spiro atoms. The van der Waals surface area contributed by atoms with E-state index >= 15 is 0 Å². The third-order valence-corrected chi connectivity index (χ3v) is 10.7. The molecule has 1 N–H and O–H groups in total. The zero-order chi connectivity index (χ0) is 21.1. The lowest BCUT2D eigenvalue weighted by Crippen LogP contribution is -2.67. The van der Waals surface area contributed by atoms with Crippen molar-refractivity contribution in [1.29, 1.82) is 0 Å². The second kappa shape index (κ2) is 8.26. The average molecular weight is 411 g/mol. The molecular formula is C24H30O4Si. The van der Waals surface area contributed by atoms with Crippen LogP contribution >= 0.6 is 0 Å². The SMILES string of the molecule is COC(=O)[C@@]1(CO[Si](c2ccccc2)(c2ccccc2)C(C)(C)C)C=C[C@@H](O)C1. The van der Waals surface area contributed by atoms with Gasteiger partial charge < -0.3 is 14.3 Å². The molecule has 5 heteroatoms. The van der Waals surface area contributed by atoms with Gasteiger partial charge in [-0.15, -0.1) is 0 Å². The summed E-state index contributed by atoms with van der Waals surface area (Å²) in [6.45, 7) is 6.76. The van der Waals surface area contributed by atoms with Crippen LogP contribution in [0.25, 0.3) is 0 Å². The lowest BCUT2D eigenvalue weighted by molar-refractivity contribution is -0.152. The zero-order valence-corrected chi connectivity index (χ0v) is 18.6. The highest BCUT2D eigenvalue weighted by Gasteiger charge is 2.53. The van der Waals surface area contributed by atoms with E-state index < -0.39 is 19.8 Å². The van der Waals surface area contributed by atoms with E-state index in [0.717, 1.165) is 10.4 Å². The van der Waals surface area contributed by atoms with Gasteiger partial charge in [-0.3, -0.25) is 4.79 Å². The summed E-state index contributed by atoms with van der Waals surface area (Å²) in [5, 5.41) is 12.2. The minimum Gasteiger partial charge on any atom is -0.468 e. The van der Waals surface area contributed by atoms with Crippen molar-refractivity contribution in [2.24, 2.45) is 5.41 Å². The van der Waals surface area contributed by atoms with E-state index in [0.29, 0.717) is 0 Å². The Kier molecular flexibility index (Phi) is 6.12. The van der Waals surface area contributed by atoms with Crippen molar-refractivity contribution in [3.8, 4) is 0 Å². The number of carbonyl (C=O) groups is 1. The first-order valence-corrected chi connectivity index (χ1v) is 11.9. The lowest BCUT2D eigenvalue weighted by atomic mass is 9.88. The van der Waals surface area contributed by atoms with Gasteiger partial charge >= 0.3 is 5.97 Å². The summed E-state index contributed by atoms with van der Waals surface area (Å²) >= 11 is 0. The third-order valence-electron chi connectivity index (χ3n) is 5.77. The minimum atomic E-state index is -2.77. The molecule has 0 saturated heterocycles. The molecule has 0 aromatic heterocycles. The number of esters is 1. The summed E-state index contributed by atoms with van der Waals surface area (Å²) in [7, 11) is -1.39. The van der Waals surface area contributed by atoms with E-state index in [-0.39, 0.29) is 24.0 Å². The number of aliphatic hydroxyl groups is 1. The van der Waals surface area contributed by atoms with Gasteiger partial charge in [-0.2, -0.15) is 0 Å². The summed E-state index contributed by atoms with van der Waals surface area (Å²) in [4.78, 5) is 12.7. The smallest absolute Gasteiger partial charge is 0.318 e. The van der Waals surface area contributed by atoms with Crippen molar-refractivity contribution in [2.75, 3.05) is 13.7 Å². The van der Waals surface area contributed by atoms with Gasteiger partial charge in [-0.25, -0.2) is 0 Å². The minimum absolute atomic E-state index is 0.167. The standard InChI is InChI=1S/C24H30O4Si/c1-23(2,3)29(20-11-7-5-8-12-20,21-13-9-6-10-14-21)28-18-24(22(26)27-4)16-15-19(25)17-24/h5-16,19,25H,17-18H2,1-4H3/t19-,24+/m1/s1. The highest BCUT2D eigenvalue weighted by Crippen LogP contribution is 2.40. The molecule has 2 atom stereocenters. The Bertz CT molecular complexity index is 818.